The predicted molar refractivity (Wildman–Crippen MR) is 87.4 cm³/mol. The number of nitrogens with zero attached hydrogens (tertiary/aromatic N) is 2. The van der Waals surface area contributed by atoms with Crippen LogP contribution in [0.4, 0.5) is 0 Å². The van der Waals surface area contributed by atoms with Crippen molar-refractivity contribution in [1.82, 2.24) is 15.3 Å². The summed E-state index contributed by atoms with van der Waals surface area (Å²) in [6, 6.07) is 1.87. The molecular formula is C15H24N4O2S. The number of hydrogen-bond acceptors (Lipinski definition) is 5. The second-order valence-electron chi connectivity index (χ2n) is 6.06. The molecule has 0 radical (unpaired) electrons. The molecule has 1 rings (SSSR count). The van der Waals surface area contributed by atoms with Gasteiger partial charge in [-0.15, -0.1) is 0 Å². The molecule has 1 aromatic rings. The van der Waals surface area contributed by atoms with E-state index in [9.17, 15) is 9.59 Å². The van der Waals surface area contributed by atoms with Gasteiger partial charge in [-0.3, -0.25) is 9.59 Å². The number of carbonyl (C=O) groups is 2. The molecule has 0 bridgehead atoms. The summed E-state index contributed by atoms with van der Waals surface area (Å²) in [6.07, 6.45) is 0.499. The highest BCUT2D eigenvalue weighted by molar-refractivity contribution is 7.99. The lowest BCUT2D eigenvalue weighted by atomic mass is 9.90. The van der Waals surface area contributed by atoms with E-state index in [4.69, 9.17) is 5.73 Å². The number of thioether (sulfide) groups is 1. The maximum Gasteiger partial charge on any atom is 0.242 e. The average molecular weight is 324 g/mol. The van der Waals surface area contributed by atoms with E-state index in [1.807, 2.05) is 33.8 Å². The van der Waals surface area contributed by atoms with Gasteiger partial charge in [-0.2, -0.15) is 0 Å². The van der Waals surface area contributed by atoms with Gasteiger partial charge >= 0.3 is 0 Å². The Morgan fingerprint density at radius 3 is 2.32 bits per heavy atom. The van der Waals surface area contributed by atoms with Gasteiger partial charge in [-0.25, -0.2) is 9.97 Å². The lowest BCUT2D eigenvalue weighted by molar-refractivity contribution is -0.130. The fraction of sp³-hybridized carbons (Fsp3) is 0.600. The van der Waals surface area contributed by atoms with Crippen LogP contribution in [0.2, 0.25) is 0 Å². The predicted octanol–water partition coefficient (Wildman–Crippen LogP) is 1.59. The van der Waals surface area contributed by atoms with Crippen LogP contribution < -0.4 is 11.1 Å². The molecule has 0 fully saturated rings. The zero-order chi connectivity index (χ0) is 16.9. The third kappa shape index (κ3) is 5.63. The van der Waals surface area contributed by atoms with Crippen molar-refractivity contribution in [2.24, 2.45) is 11.7 Å². The molecule has 2 amide bonds. The molecule has 1 aromatic heterocycles. The van der Waals surface area contributed by atoms with Gasteiger partial charge in [-0.05, 0) is 39.2 Å². The molecular weight excluding hydrogens is 300 g/mol. The summed E-state index contributed by atoms with van der Waals surface area (Å²) in [5.74, 6) is -0.394. The van der Waals surface area contributed by atoms with Gasteiger partial charge in [0.1, 0.15) is 5.54 Å². The number of aryl methyl sites for hydroxylation is 2. The molecule has 122 valence electrons. The fourth-order valence-electron chi connectivity index (χ4n) is 2.26. The normalized spacial score (nSPS) is 13.7. The lowest BCUT2D eigenvalue weighted by Crippen LogP contribution is -2.56. The minimum absolute atomic E-state index is 0.143. The van der Waals surface area contributed by atoms with Crippen LogP contribution in [0.1, 0.15) is 38.6 Å². The number of primary amides is 1. The van der Waals surface area contributed by atoms with E-state index in [1.54, 1.807) is 6.92 Å². The first kappa shape index (κ1) is 18.4. The van der Waals surface area contributed by atoms with Crippen molar-refractivity contribution in [3.8, 4) is 0 Å². The van der Waals surface area contributed by atoms with E-state index >= 15 is 0 Å². The summed E-state index contributed by atoms with van der Waals surface area (Å²) >= 11 is 1.24. The largest absolute Gasteiger partial charge is 0.368 e. The Bertz CT molecular complexity index is 542. The number of rotatable bonds is 7. The van der Waals surface area contributed by atoms with Gasteiger partial charge in [0.25, 0.3) is 0 Å². The molecule has 0 aromatic carbocycles. The molecule has 6 nitrogen and oxygen atoms in total. The van der Waals surface area contributed by atoms with Crippen molar-refractivity contribution in [2.75, 3.05) is 5.75 Å². The smallest absolute Gasteiger partial charge is 0.242 e. The second-order valence-corrected chi connectivity index (χ2v) is 7.01. The Morgan fingerprint density at radius 1 is 1.32 bits per heavy atom. The van der Waals surface area contributed by atoms with Crippen molar-refractivity contribution in [3.63, 3.8) is 0 Å². The van der Waals surface area contributed by atoms with Gasteiger partial charge in [0.2, 0.25) is 11.8 Å². The maximum absolute atomic E-state index is 12.1. The van der Waals surface area contributed by atoms with E-state index in [2.05, 4.69) is 15.3 Å². The Morgan fingerprint density at radius 2 is 1.86 bits per heavy atom. The first-order valence-electron chi connectivity index (χ1n) is 7.18. The molecule has 0 saturated carbocycles. The minimum atomic E-state index is -1.03. The van der Waals surface area contributed by atoms with Crippen molar-refractivity contribution >= 4 is 23.6 Å². The highest BCUT2D eigenvalue weighted by Gasteiger charge is 2.33. The SMILES string of the molecule is Cc1cc(C)nc(SCC(=O)N[C@](C)(CC(C)C)C(N)=O)n1. The minimum Gasteiger partial charge on any atom is -0.368 e. The molecule has 0 saturated heterocycles. The Hall–Kier alpha value is -1.63. The Balaban J connectivity index is 2.66. The van der Waals surface area contributed by atoms with Crippen LogP contribution >= 0.6 is 11.8 Å². The van der Waals surface area contributed by atoms with Crippen LogP contribution in [0.3, 0.4) is 0 Å². The van der Waals surface area contributed by atoms with Crippen molar-refractivity contribution in [2.45, 2.75) is 51.7 Å². The lowest BCUT2D eigenvalue weighted by Gasteiger charge is -2.29. The zero-order valence-electron chi connectivity index (χ0n) is 13.8. The quantitative estimate of drug-likeness (QED) is 0.586. The first-order valence-corrected chi connectivity index (χ1v) is 8.17. The number of carbonyl (C=O) groups excluding carboxylic acids is 2. The molecule has 0 aliphatic carbocycles. The van der Waals surface area contributed by atoms with Gasteiger partial charge in [0.15, 0.2) is 5.16 Å². The number of nitrogens with one attached hydrogen (secondary N) is 1. The second kappa shape index (κ2) is 7.58. The number of aromatic nitrogens is 2. The summed E-state index contributed by atoms with van der Waals surface area (Å²) in [5.41, 5.74) is 6.11. The topological polar surface area (TPSA) is 98.0 Å². The molecule has 3 N–H and O–H groups in total. The highest BCUT2D eigenvalue weighted by atomic mass is 32.2. The summed E-state index contributed by atoms with van der Waals surface area (Å²) in [4.78, 5) is 32.3. The monoisotopic (exact) mass is 324 g/mol. The van der Waals surface area contributed by atoms with E-state index in [0.29, 0.717) is 11.6 Å². The third-order valence-corrected chi connectivity index (χ3v) is 3.92. The van der Waals surface area contributed by atoms with Crippen LogP contribution in [-0.4, -0.2) is 33.1 Å². The summed E-state index contributed by atoms with van der Waals surface area (Å²) in [7, 11) is 0. The number of hydrogen-bond donors (Lipinski definition) is 2. The molecule has 7 heteroatoms. The molecule has 0 spiro atoms. The zero-order valence-corrected chi connectivity index (χ0v) is 14.6. The fourth-order valence-corrected chi connectivity index (χ4v) is 3.01. The molecule has 1 atom stereocenters. The van der Waals surface area contributed by atoms with Crippen molar-refractivity contribution < 1.29 is 9.59 Å². The average Bonchev–Trinajstić information content (AvgIpc) is 2.34. The molecule has 0 unspecified atom stereocenters. The van der Waals surface area contributed by atoms with Crippen LogP contribution in [0.15, 0.2) is 11.2 Å². The highest BCUT2D eigenvalue weighted by Crippen LogP contribution is 2.18. The number of amides is 2. The molecule has 0 aliphatic heterocycles. The number of nitrogens with two attached hydrogens (primary N) is 1. The molecule has 0 aliphatic rings. The van der Waals surface area contributed by atoms with Gasteiger partial charge in [-0.1, -0.05) is 25.6 Å². The van der Waals surface area contributed by atoms with E-state index in [1.165, 1.54) is 11.8 Å². The standard InChI is InChI=1S/C15H24N4O2S/c1-9(2)7-15(5,13(16)21)19-12(20)8-22-14-17-10(3)6-11(4)18-14/h6,9H,7-8H2,1-5H3,(H2,16,21)(H,19,20)/t15-/m1/s1. The van der Waals surface area contributed by atoms with Gasteiger partial charge in [0, 0.05) is 11.4 Å². The van der Waals surface area contributed by atoms with Crippen molar-refractivity contribution in [1.29, 1.82) is 0 Å². The van der Waals surface area contributed by atoms with Crippen molar-refractivity contribution in [3.05, 3.63) is 17.5 Å². The van der Waals surface area contributed by atoms with Crippen LogP contribution in [0, 0.1) is 19.8 Å². The van der Waals surface area contributed by atoms with Crippen LogP contribution in [-0.2, 0) is 9.59 Å². The first-order chi connectivity index (χ1) is 10.1. The summed E-state index contributed by atoms with van der Waals surface area (Å²) in [5, 5.41) is 3.29. The van der Waals surface area contributed by atoms with E-state index in [0.717, 1.165) is 11.4 Å². The Kier molecular flexibility index (Phi) is 6.34. The van der Waals surface area contributed by atoms with Crippen LogP contribution in [0.5, 0.6) is 0 Å². The van der Waals surface area contributed by atoms with Crippen LogP contribution in [0.25, 0.3) is 0 Å². The van der Waals surface area contributed by atoms with Gasteiger partial charge in [0.05, 0.1) is 5.75 Å². The van der Waals surface area contributed by atoms with E-state index < -0.39 is 11.4 Å². The Labute approximate surface area is 135 Å². The molecule has 22 heavy (non-hydrogen) atoms. The summed E-state index contributed by atoms with van der Waals surface area (Å²) < 4.78 is 0. The molecule has 1 heterocycles. The van der Waals surface area contributed by atoms with E-state index in [-0.39, 0.29) is 17.6 Å². The van der Waals surface area contributed by atoms with Gasteiger partial charge < -0.3 is 11.1 Å². The third-order valence-electron chi connectivity index (χ3n) is 3.07. The maximum atomic E-state index is 12.1. The summed E-state index contributed by atoms with van der Waals surface area (Å²) in [6.45, 7) is 9.37.